The molecule has 0 radical (unpaired) electrons. The van der Waals surface area contributed by atoms with E-state index in [-0.39, 0.29) is 19.1 Å². The molecule has 1 amide bonds. The number of hydrogen-bond donors (Lipinski definition) is 3. The number of aliphatic hydroxyl groups is 2. The first-order valence-electron chi connectivity index (χ1n) is 7.07. The van der Waals surface area contributed by atoms with Gasteiger partial charge in [0, 0.05) is 37.5 Å². The molecule has 0 aliphatic rings. The van der Waals surface area contributed by atoms with Gasteiger partial charge in [0.05, 0.1) is 6.61 Å². The third kappa shape index (κ3) is 5.59. The van der Waals surface area contributed by atoms with Gasteiger partial charge in [0.25, 0.3) is 0 Å². The van der Waals surface area contributed by atoms with Gasteiger partial charge in [0.2, 0.25) is 5.91 Å². The van der Waals surface area contributed by atoms with Crippen LogP contribution in [0.1, 0.15) is 26.2 Å². The highest BCUT2D eigenvalue weighted by molar-refractivity contribution is 5.90. The Bertz CT molecular complexity index is 393. The van der Waals surface area contributed by atoms with Crippen LogP contribution >= 0.6 is 0 Å². The molecule has 1 aromatic rings. The summed E-state index contributed by atoms with van der Waals surface area (Å²) < 4.78 is 0. The largest absolute Gasteiger partial charge is 0.396 e. The Balaban J connectivity index is 2.51. The molecule has 0 spiro atoms. The summed E-state index contributed by atoms with van der Waals surface area (Å²) in [6.07, 6.45) is 1.77. The van der Waals surface area contributed by atoms with E-state index in [4.69, 9.17) is 10.2 Å². The number of rotatable bonds is 9. The SMILES string of the molecule is CCN(CCO)c1ccc(NC(=O)CCCCO)cc1. The predicted molar refractivity (Wildman–Crippen MR) is 81.0 cm³/mol. The Kier molecular flexibility index (Phi) is 7.69. The van der Waals surface area contributed by atoms with E-state index in [9.17, 15) is 4.79 Å². The van der Waals surface area contributed by atoms with E-state index < -0.39 is 0 Å². The molecule has 112 valence electrons. The second-order valence-electron chi connectivity index (χ2n) is 4.58. The fraction of sp³-hybridized carbons (Fsp3) is 0.533. The van der Waals surface area contributed by atoms with Crippen LogP contribution in [-0.2, 0) is 4.79 Å². The van der Waals surface area contributed by atoms with Crippen LogP contribution in [0.4, 0.5) is 11.4 Å². The van der Waals surface area contributed by atoms with Crippen LogP contribution in [0.3, 0.4) is 0 Å². The van der Waals surface area contributed by atoms with Crippen LogP contribution in [0.25, 0.3) is 0 Å². The lowest BCUT2D eigenvalue weighted by Crippen LogP contribution is -2.26. The highest BCUT2D eigenvalue weighted by atomic mass is 16.3. The normalized spacial score (nSPS) is 10.3. The molecule has 5 nitrogen and oxygen atoms in total. The Hall–Kier alpha value is -1.59. The number of nitrogens with one attached hydrogen (secondary N) is 1. The molecule has 0 saturated carbocycles. The monoisotopic (exact) mass is 280 g/mol. The number of anilines is 2. The number of unbranched alkanes of at least 4 members (excludes halogenated alkanes) is 1. The summed E-state index contributed by atoms with van der Waals surface area (Å²) in [4.78, 5) is 13.7. The smallest absolute Gasteiger partial charge is 0.224 e. The molecule has 1 aromatic carbocycles. The molecular formula is C15H24N2O3. The summed E-state index contributed by atoms with van der Waals surface area (Å²) in [5.41, 5.74) is 1.79. The average molecular weight is 280 g/mol. The Morgan fingerprint density at radius 2 is 1.85 bits per heavy atom. The van der Waals surface area contributed by atoms with Gasteiger partial charge in [0.1, 0.15) is 0 Å². The number of carbonyl (C=O) groups is 1. The van der Waals surface area contributed by atoms with Crippen molar-refractivity contribution in [2.24, 2.45) is 0 Å². The van der Waals surface area contributed by atoms with Gasteiger partial charge in [-0.3, -0.25) is 4.79 Å². The maximum absolute atomic E-state index is 11.6. The van der Waals surface area contributed by atoms with E-state index in [0.717, 1.165) is 17.9 Å². The van der Waals surface area contributed by atoms with Crippen LogP contribution in [0, 0.1) is 0 Å². The van der Waals surface area contributed by atoms with Crippen molar-refractivity contribution >= 4 is 17.3 Å². The van der Waals surface area contributed by atoms with Crippen molar-refractivity contribution in [2.45, 2.75) is 26.2 Å². The minimum atomic E-state index is -0.0334. The Morgan fingerprint density at radius 3 is 2.40 bits per heavy atom. The van der Waals surface area contributed by atoms with Crippen molar-refractivity contribution in [3.8, 4) is 0 Å². The van der Waals surface area contributed by atoms with Gasteiger partial charge in [-0.2, -0.15) is 0 Å². The number of likely N-dealkylation sites (N-methyl/N-ethyl adjacent to an activating group) is 1. The summed E-state index contributed by atoms with van der Waals surface area (Å²) in [6, 6.07) is 7.59. The van der Waals surface area contributed by atoms with Crippen molar-refractivity contribution < 1.29 is 15.0 Å². The van der Waals surface area contributed by atoms with Gasteiger partial charge in [-0.25, -0.2) is 0 Å². The molecule has 0 saturated heterocycles. The lowest BCUT2D eigenvalue weighted by atomic mass is 10.2. The molecule has 0 aliphatic heterocycles. The second-order valence-corrected chi connectivity index (χ2v) is 4.58. The average Bonchev–Trinajstić information content (AvgIpc) is 2.46. The first kappa shape index (κ1) is 16.5. The fourth-order valence-electron chi connectivity index (χ4n) is 1.97. The molecule has 0 bridgehead atoms. The zero-order valence-electron chi connectivity index (χ0n) is 12.0. The number of aliphatic hydroxyl groups excluding tert-OH is 2. The number of benzene rings is 1. The molecule has 0 heterocycles. The van der Waals surface area contributed by atoms with E-state index in [1.54, 1.807) is 0 Å². The Morgan fingerprint density at radius 1 is 1.15 bits per heavy atom. The van der Waals surface area contributed by atoms with Gasteiger partial charge in [-0.1, -0.05) is 0 Å². The number of hydrogen-bond acceptors (Lipinski definition) is 4. The molecule has 0 aromatic heterocycles. The van der Waals surface area contributed by atoms with Crippen molar-refractivity contribution in [3.05, 3.63) is 24.3 Å². The van der Waals surface area contributed by atoms with Crippen molar-refractivity contribution in [1.29, 1.82) is 0 Å². The number of nitrogens with zero attached hydrogens (tertiary/aromatic N) is 1. The van der Waals surface area contributed by atoms with E-state index in [2.05, 4.69) is 10.2 Å². The topological polar surface area (TPSA) is 72.8 Å². The van der Waals surface area contributed by atoms with Gasteiger partial charge < -0.3 is 20.4 Å². The van der Waals surface area contributed by atoms with E-state index in [1.807, 2.05) is 31.2 Å². The fourth-order valence-corrected chi connectivity index (χ4v) is 1.97. The minimum absolute atomic E-state index is 0.0334. The van der Waals surface area contributed by atoms with Gasteiger partial charge >= 0.3 is 0 Å². The summed E-state index contributed by atoms with van der Waals surface area (Å²) >= 11 is 0. The van der Waals surface area contributed by atoms with Gasteiger partial charge in [0.15, 0.2) is 0 Å². The summed E-state index contributed by atoms with van der Waals surface area (Å²) in [5.74, 6) is -0.0334. The lowest BCUT2D eigenvalue weighted by molar-refractivity contribution is -0.116. The molecule has 3 N–H and O–H groups in total. The van der Waals surface area contributed by atoms with Crippen LogP contribution in [0.15, 0.2) is 24.3 Å². The van der Waals surface area contributed by atoms with E-state index in [1.165, 1.54) is 0 Å². The molecule has 0 fully saturated rings. The molecule has 0 atom stereocenters. The minimum Gasteiger partial charge on any atom is -0.396 e. The number of amides is 1. The summed E-state index contributed by atoms with van der Waals surface area (Å²) in [7, 11) is 0. The first-order valence-corrected chi connectivity index (χ1v) is 7.07. The van der Waals surface area contributed by atoms with Crippen LogP contribution in [0.5, 0.6) is 0 Å². The number of carbonyl (C=O) groups excluding carboxylic acids is 1. The maximum atomic E-state index is 11.6. The molecular weight excluding hydrogens is 256 g/mol. The van der Waals surface area contributed by atoms with E-state index in [0.29, 0.717) is 25.8 Å². The van der Waals surface area contributed by atoms with Crippen molar-refractivity contribution in [2.75, 3.05) is 36.5 Å². The standard InChI is InChI=1S/C15H24N2O3/c1-2-17(10-12-19)14-8-6-13(7-9-14)16-15(20)5-3-4-11-18/h6-9,18-19H,2-5,10-12H2,1H3,(H,16,20). The van der Waals surface area contributed by atoms with Crippen molar-refractivity contribution in [3.63, 3.8) is 0 Å². The molecule has 0 aliphatic carbocycles. The molecule has 20 heavy (non-hydrogen) atoms. The highest BCUT2D eigenvalue weighted by Crippen LogP contribution is 2.18. The van der Waals surface area contributed by atoms with Crippen molar-refractivity contribution in [1.82, 2.24) is 0 Å². The lowest BCUT2D eigenvalue weighted by Gasteiger charge is -2.22. The Labute approximate surface area is 120 Å². The van der Waals surface area contributed by atoms with Crippen LogP contribution in [-0.4, -0.2) is 42.4 Å². The van der Waals surface area contributed by atoms with Gasteiger partial charge in [-0.15, -0.1) is 0 Å². The first-order chi connectivity index (χ1) is 9.71. The highest BCUT2D eigenvalue weighted by Gasteiger charge is 2.05. The van der Waals surface area contributed by atoms with Crippen LogP contribution in [0.2, 0.25) is 0 Å². The predicted octanol–water partition coefficient (Wildman–Crippen LogP) is 1.61. The zero-order valence-corrected chi connectivity index (χ0v) is 12.0. The third-order valence-corrected chi connectivity index (χ3v) is 3.08. The molecule has 1 rings (SSSR count). The maximum Gasteiger partial charge on any atom is 0.224 e. The quantitative estimate of drug-likeness (QED) is 0.601. The second kappa shape index (κ2) is 9.34. The zero-order chi connectivity index (χ0) is 14.8. The molecule has 5 heteroatoms. The van der Waals surface area contributed by atoms with Gasteiger partial charge in [-0.05, 0) is 44.0 Å². The molecule has 0 unspecified atom stereocenters. The summed E-state index contributed by atoms with van der Waals surface area (Å²) in [6.45, 7) is 3.71. The summed E-state index contributed by atoms with van der Waals surface area (Å²) in [5, 5.41) is 20.5. The third-order valence-electron chi connectivity index (χ3n) is 3.08. The van der Waals surface area contributed by atoms with E-state index >= 15 is 0 Å². The van der Waals surface area contributed by atoms with Crippen LogP contribution < -0.4 is 10.2 Å².